The third kappa shape index (κ3) is 7.09. The van der Waals surface area contributed by atoms with Crippen LogP contribution in [-0.2, 0) is 30.8 Å². The highest BCUT2D eigenvalue weighted by molar-refractivity contribution is 7.89. The molecule has 0 bridgehead atoms. The van der Waals surface area contributed by atoms with Gasteiger partial charge in [0.25, 0.3) is 5.91 Å². The molecule has 0 aliphatic rings. The predicted octanol–water partition coefficient (Wildman–Crippen LogP) is 1.46. The first kappa shape index (κ1) is 23.2. The van der Waals surface area contributed by atoms with Crippen LogP contribution in [0.4, 0.5) is 0 Å². The Morgan fingerprint density at radius 1 is 1.00 bits per heavy atom. The number of amides is 1. The van der Waals surface area contributed by atoms with Crippen molar-refractivity contribution in [1.82, 2.24) is 10.0 Å². The molecular weight excluding hydrogens is 408 g/mol. The molecule has 0 saturated carbocycles. The molecule has 0 aliphatic carbocycles. The Bertz CT molecular complexity index is 988. The summed E-state index contributed by atoms with van der Waals surface area (Å²) in [6.07, 6.45) is -0.428. The lowest BCUT2D eigenvalue weighted by atomic mass is 10.1. The molecule has 0 saturated heterocycles. The number of rotatable bonds is 10. The van der Waals surface area contributed by atoms with Crippen molar-refractivity contribution < 1.29 is 27.5 Å². The topological polar surface area (TPSA) is 119 Å². The van der Waals surface area contributed by atoms with Crippen molar-refractivity contribution >= 4 is 27.7 Å². The van der Waals surface area contributed by atoms with E-state index in [0.717, 1.165) is 5.56 Å². The van der Waals surface area contributed by atoms with Crippen LogP contribution in [0.25, 0.3) is 0 Å². The van der Waals surface area contributed by atoms with Crippen molar-refractivity contribution in [2.24, 2.45) is 0 Å². The monoisotopic (exact) mass is 432 g/mol. The lowest BCUT2D eigenvalue weighted by molar-refractivity contribution is -0.153. The van der Waals surface area contributed by atoms with E-state index in [1.807, 2.05) is 30.3 Å². The second-order valence-electron chi connectivity index (χ2n) is 6.56. The van der Waals surface area contributed by atoms with Crippen molar-refractivity contribution in [1.29, 1.82) is 0 Å². The molecule has 2 rings (SSSR count). The Hall–Kier alpha value is -3.04. The number of ether oxygens (including phenoxy) is 1. The van der Waals surface area contributed by atoms with E-state index in [0.29, 0.717) is 18.5 Å². The van der Waals surface area contributed by atoms with Crippen LogP contribution >= 0.6 is 0 Å². The lowest BCUT2D eigenvalue weighted by Gasteiger charge is -2.14. The second-order valence-corrected chi connectivity index (χ2v) is 8.33. The first-order valence-electron chi connectivity index (χ1n) is 9.31. The summed E-state index contributed by atoms with van der Waals surface area (Å²) in [5.41, 5.74) is 1.44. The first-order valence-corrected chi connectivity index (χ1v) is 10.8. The van der Waals surface area contributed by atoms with Crippen LogP contribution in [0.1, 0.15) is 29.8 Å². The third-order valence-electron chi connectivity index (χ3n) is 4.21. The van der Waals surface area contributed by atoms with Gasteiger partial charge in [0.1, 0.15) is 6.54 Å². The maximum Gasteiger partial charge on any atom is 0.321 e. The minimum absolute atomic E-state index is 0.0907. The molecule has 0 radical (unpaired) electrons. The van der Waals surface area contributed by atoms with E-state index in [-0.39, 0.29) is 10.7 Å². The number of Topliss-reactive ketones (excluding diaryl/α,β-unsaturated/α-hetero) is 1. The SMILES string of the molecule is CC(=O)c1ccc(S(=O)(=O)NCC(=O)OC(C)C(=O)NCCc2ccccc2)cc1. The molecule has 0 heterocycles. The molecule has 9 heteroatoms. The van der Waals surface area contributed by atoms with Crippen molar-refractivity contribution in [2.75, 3.05) is 13.1 Å². The molecule has 30 heavy (non-hydrogen) atoms. The van der Waals surface area contributed by atoms with Gasteiger partial charge in [-0.2, -0.15) is 4.72 Å². The Morgan fingerprint density at radius 2 is 1.63 bits per heavy atom. The van der Waals surface area contributed by atoms with Crippen LogP contribution in [0.2, 0.25) is 0 Å². The molecule has 1 unspecified atom stereocenters. The summed E-state index contributed by atoms with van der Waals surface area (Å²) in [6, 6.07) is 14.9. The molecule has 0 fully saturated rings. The summed E-state index contributed by atoms with van der Waals surface area (Å²) in [5, 5.41) is 2.67. The van der Waals surface area contributed by atoms with E-state index in [2.05, 4.69) is 10.0 Å². The van der Waals surface area contributed by atoms with Gasteiger partial charge >= 0.3 is 5.97 Å². The number of benzene rings is 2. The van der Waals surface area contributed by atoms with Gasteiger partial charge < -0.3 is 10.1 Å². The maximum atomic E-state index is 12.2. The number of hydrogen-bond acceptors (Lipinski definition) is 6. The zero-order valence-corrected chi connectivity index (χ0v) is 17.6. The van der Waals surface area contributed by atoms with Crippen LogP contribution in [0.15, 0.2) is 59.5 Å². The fourth-order valence-electron chi connectivity index (χ4n) is 2.52. The smallest absolute Gasteiger partial charge is 0.321 e. The highest BCUT2D eigenvalue weighted by Gasteiger charge is 2.20. The van der Waals surface area contributed by atoms with Gasteiger partial charge in [-0.3, -0.25) is 14.4 Å². The summed E-state index contributed by atoms with van der Waals surface area (Å²) in [5.74, 6) is -1.54. The fourth-order valence-corrected chi connectivity index (χ4v) is 3.49. The number of nitrogens with one attached hydrogen (secondary N) is 2. The zero-order valence-electron chi connectivity index (χ0n) is 16.8. The second kappa shape index (κ2) is 10.7. The van der Waals surface area contributed by atoms with Crippen LogP contribution in [0.3, 0.4) is 0 Å². The summed E-state index contributed by atoms with van der Waals surface area (Å²) < 4.78 is 31.5. The molecule has 1 atom stereocenters. The van der Waals surface area contributed by atoms with E-state index in [4.69, 9.17) is 4.74 Å². The number of hydrogen-bond donors (Lipinski definition) is 2. The highest BCUT2D eigenvalue weighted by Crippen LogP contribution is 2.11. The van der Waals surface area contributed by atoms with Gasteiger partial charge in [-0.05, 0) is 38.0 Å². The molecule has 2 N–H and O–H groups in total. The fraction of sp³-hybridized carbons (Fsp3) is 0.286. The standard InChI is InChI=1S/C21H24N2O6S/c1-15(24)18-8-10-19(11-9-18)30(27,28)23-14-20(25)29-16(2)21(26)22-13-12-17-6-4-3-5-7-17/h3-11,16,23H,12-14H2,1-2H3,(H,22,26). The first-order chi connectivity index (χ1) is 14.2. The maximum absolute atomic E-state index is 12.2. The van der Waals surface area contributed by atoms with Crippen molar-refractivity contribution in [3.05, 3.63) is 65.7 Å². The highest BCUT2D eigenvalue weighted by atomic mass is 32.2. The molecule has 0 spiro atoms. The average molecular weight is 432 g/mol. The van der Waals surface area contributed by atoms with Gasteiger partial charge in [0.15, 0.2) is 11.9 Å². The van der Waals surface area contributed by atoms with Crippen molar-refractivity contribution in [3.63, 3.8) is 0 Å². The summed E-state index contributed by atoms with van der Waals surface area (Å²) in [6.45, 7) is 2.54. The number of ketones is 1. The molecule has 2 aromatic carbocycles. The van der Waals surface area contributed by atoms with E-state index >= 15 is 0 Å². The average Bonchev–Trinajstić information content (AvgIpc) is 2.73. The van der Waals surface area contributed by atoms with E-state index < -0.39 is 34.5 Å². The van der Waals surface area contributed by atoms with Crippen LogP contribution in [0.5, 0.6) is 0 Å². The van der Waals surface area contributed by atoms with Gasteiger partial charge in [0.05, 0.1) is 4.90 Å². The third-order valence-corrected chi connectivity index (χ3v) is 5.63. The molecule has 8 nitrogen and oxygen atoms in total. The Balaban J connectivity index is 1.78. The van der Waals surface area contributed by atoms with Crippen LogP contribution in [0, 0.1) is 0 Å². The Kier molecular flexibility index (Phi) is 8.25. The summed E-state index contributed by atoms with van der Waals surface area (Å²) in [4.78, 5) is 35.1. The zero-order chi connectivity index (χ0) is 22.1. The molecule has 0 aromatic heterocycles. The van der Waals surface area contributed by atoms with Gasteiger partial charge in [-0.1, -0.05) is 42.5 Å². The van der Waals surface area contributed by atoms with Gasteiger partial charge in [0, 0.05) is 12.1 Å². The van der Waals surface area contributed by atoms with E-state index in [1.54, 1.807) is 0 Å². The van der Waals surface area contributed by atoms with Gasteiger partial charge in [-0.15, -0.1) is 0 Å². The van der Waals surface area contributed by atoms with Gasteiger partial charge in [0.2, 0.25) is 10.0 Å². The quantitative estimate of drug-likeness (QED) is 0.433. The predicted molar refractivity (Wildman–Crippen MR) is 110 cm³/mol. The number of esters is 1. The van der Waals surface area contributed by atoms with E-state index in [9.17, 15) is 22.8 Å². The molecule has 0 aliphatic heterocycles. The Labute approximate surface area is 175 Å². The van der Waals surface area contributed by atoms with Crippen molar-refractivity contribution in [3.8, 4) is 0 Å². The molecule has 2 aromatic rings. The summed E-state index contributed by atoms with van der Waals surface area (Å²) in [7, 11) is -3.96. The largest absolute Gasteiger partial charge is 0.452 e. The minimum Gasteiger partial charge on any atom is -0.452 e. The van der Waals surface area contributed by atoms with Crippen molar-refractivity contribution in [2.45, 2.75) is 31.3 Å². The van der Waals surface area contributed by atoms with Gasteiger partial charge in [-0.25, -0.2) is 8.42 Å². The minimum atomic E-state index is -3.96. The molecular formula is C21H24N2O6S. The number of carbonyl (C=O) groups is 3. The molecule has 1 amide bonds. The van der Waals surface area contributed by atoms with E-state index in [1.165, 1.54) is 38.1 Å². The van der Waals surface area contributed by atoms with Crippen LogP contribution in [-0.4, -0.2) is 45.3 Å². The summed E-state index contributed by atoms with van der Waals surface area (Å²) >= 11 is 0. The Morgan fingerprint density at radius 3 is 2.23 bits per heavy atom. The normalized spacial score (nSPS) is 12.1. The molecule has 160 valence electrons. The number of sulfonamides is 1. The number of carbonyl (C=O) groups excluding carboxylic acids is 3. The van der Waals surface area contributed by atoms with Crippen LogP contribution < -0.4 is 10.0 Å². The lowest BCUT2D eigenvalue weighted by Crippen LogP contribution is -2.39.